The molecule has 0 N–H and O–H groups in total. The summed E-state index contributed by atoms with van der Waals surface area (Å²) in [6, 6.07) is 7.53. The maximum atomic E-state index is 12.5. The van der Waals surface area contributed by atoms with E-state index in [0.717, 1.165) is 18.3 Å². The van der Waals surface area contributed by atoms with Crippen LogP contribution in [0.15, 0.2) is 36.5 Å². The molecule has 1 aromatic carbocycles. The number of pyridine rings is 1. The Morgan fingerprint density at radius 3 is 2.72 bits per heavy atom. The second kappa shape index (κ2) is 6.94. The van der Waals surface area contributed by atoms with E-state index in [1.165, 1.54) is 80.5 Å². The van der Waals surface area contributed by atoms with Gasteiger partial charge >= 0.3 is 5.97 Å². The van der Waals surface area contributed by atoms with Crippen LogP contribution >= 0.6 is 0 Å². The summed E-state index contributed by atoms with van der Waals surface area (Å²) in [4.78, 5) is 27.5. The summed E-state index contributed by atoms with van der Waals surface area (Å²) < 4.78 is 5.61. The quantitative estimate of drug-likeness (QED) is 0.417. The third-order valence-electron chi connectivity index (χ3n) is 7.33. The molecule has 2 aromatic rings. The summed E-state index contributed by atoms with van der Waals surface area (Å²) >= 11 is 0. The Hall–Kier alpha value is -2.76. The van der Waals surface area contributed by atoms with Crippen LogP contribution in [0.4, 0.5) is 5.69 Å². The number of aromatic nitrogens is 1. The zero-order valence-corrected chi connectivity index (χ0v) is 16.3. The lowest BCUT2D eigenvalue weighted by atomic mass is 9.49. The fourth-order valence-electron chi connectivity index (χ4n) is 6.11. The molecular formula is C23H24N2O4. The predicted molar refractivity (Wildman–Crippen MR) is 107 cm³/mol. The number of hydrogen-bond donors (Lipinski definition) is 0. The molecule has 6 nitrogen and oxygen atoms in total. The van der Waals surface area contributed by atoms with Crippen molar-refractivity contribution in [2.24, 2.45) is 11.8 Å². The van der Waals surface area contributed by atoms with Gasteiger partial charge in [0, 0.05) is 23.2 Å². The highest BCUT2D eigenvalue weighted by Crippen LogP contribution is 2.58. The summed E-state index contributed by atoms with van der Waals surface area (Å²) in [5.41, 5.74) is 2.93. The first kappa shape index (κ1) is 18.3. The predicted octanol–water partition coefficient (Wildman–Crippen LogP) is 4.99. The van der Waals surface area contributed by atoms with Crippen molar-refractivity contribution in [3.05, 3.63) is 63.5 Å². The van der Waals surface area contributed by atoms with Crippen LogP contribution in [0, 0.1) is 22.0 Å². The van der Waals surface area contributed by atoms with Gasteiger partial charge in [0.25, 0.3) is 5.69 Å². The number of fused-ring (bicyclic) bond motifs is 1. The Kier molecular flexibility index (Phi) is 4.37. The Morgan fingerprint density at radius 2 is 1.93 bits per heavy atom. The molecule has 1 heterocycles. The summed E-state index contributed by atoms with van der Waals surface area (Å²) in [5, 5.41) is 10.8. The van der Waals surface area contributed by atoms with Crippen molar-refractivity contribution in [1.29, 1.82) is 0 Å². The minimum absolute atomic E-state index is 0.0497. The molecule has 2 bridgehead atoms. The zero-order valence-electron chi connectivity index (χ0n) is 16.3. The highest BCUT2D eigenvalue weighted by atomic mass is 16.6. The molecule has 29 heavy (non-hydrogen) atoms. The van der Waals surface area contributed by atoms with E-state index in [-0.39, 0.29) is 11.1 Å². The van der Waals surface area contributed by atoms with Crippen LogP contribution in [0.5, 0.6) is 5.75 Å². The summed E-state index contributed by atoms with van der Waals surface area (Å²) in [5.74, 6) is 1.43. The van der Waals surface area contributed by atoms with Crippen molar-refractivity contribution >= 4 is 11.7 Å². The molecule has 0 unspecified atom stereocenters. The number of rotatable bonds is 3. The smallest absolute Gasteiger partial charge is 0.343 e. The van der Waals surface area contributed by atoms with Crippen molar-refractivity contribution in [3.63, 3.8) is 0 Å². The van der Waals surface area contributed by atoms with Gasteiger partial charge in [-0.05, 0) is 67.7 Å². The lowest BCUT2D eigenvalue weighted by Crippen LogP contribution is -2.49. The Morgan fingerprint density at radius 1 is 1.14 bits per heavy atom. The fraction of sp³-hybridized carbons (Fsp3) is 0.478. The lowest BCUT2D eigenvalue weighted by molar-refractivity contribution is -0.384. The number of non-ortho nitro benzene ring substituents is 1. The van der Waals surface area contributed by atoms with Crippen LogP contribution < -0.4 is 4.74 Å². The van der Waals surface area contributed by atoms with Crippen molar-refractivity contribution < 1.29 is 14.5 Å². The third-order valence-corrected chi connectivity index (χ3v) is 7.33. The van der Waals surface area contributed by atoms with Crippen LogP contribution in [0.2, 0.25) is 0 Å². The third kappa shape index (κ3) is 3.02. The Bertz CT molecular complexity index is 967. The molecule has 0 saturated heterocycles. The number of nitro benzene ring substituents is 1. The second-order valence-electron chi connectivity index (χ2n) is 8.72. The van der Waals surface area contributed by atoms with Gasteiger partial charge in [-0.25, -0.2) is 4.79 Å². The SMILES string of the molecule is O=C(Oc1cnc2c(c1)[C@]13CCCC[C@@H]1[C@@H](CCC3)C2)c1ccc([N+](=O)[O-])cc1. The van der Waals surface area contributed by atoms with E-state index >= 15 is 0 Å². The number of carbonyl (C=O) groups is 1. The van der Waals surface area contributed by atoms with E-state index in [9.17, 15) is 14.9 Å². The summed E-state index contributed by atoms with van der Waals surface area (Å²) in [6.45, 7) is 0. The largest absolute Gasteiger partial charge is 0.421 e. The normalized spacial score (nSPS) is 27.4. The monoisotopic (exact) mass is 392 g/mol. The van der Waals surface area contributed by atoms with Crippen LogP contribution in [0.25, 0.3) is 0 Å². The van der Waals surface area contributed by atoms with Crippen molar-refractivity contribution in [3.8, 4) is 5.75 Å². The molecule has 2 saturated carbocycles. The molecule has 5 rings (SSSR count). The van der Waals surface area contributed by atoms with Gasteiger partial charge in [-0.1, -0.05) is 19.3 Å². The minimum Gasteiger partial charge on any atom is -0.421 e. The molecule has 0 spiro atoms. The second-order valence-corrected chi connectivity index (χ2v) is 8.72. The summed E-state index contributed by atoms with van der Waals surface area (Å²) in [7, 11) is 0. The molecule has 0 amide bonds. The van der Waals surface area contributed by atoms with Crippen LogP contribution in [-0.4, -0.2) is 15.9 Å². The molecule has 1 aromatic heterocycles. The molecule has 6 heteroatoms. The highest BCUT2D eigenvalue weighted by Gasteiger charge is 2.51. The van der Waals surface area contributed by atoms with E-state index in [1.807, 2.05) is 6.07 Å². The van der Waals surface area contributed by atoms with Crippen molar-refractivity contribution in [2.75, 3.05) is 0 Å². The Labute approximate surface area is 169 Å². The number of carbonyl (C=O) groups excluding carboxylic acids is 1. The van der Waals surface area contributed by atoms with Crippen LogP contribution in [0.3, 0.4) is 0 Å². The van der Waals surface area contributed by atoms with Gasteiger partial charge in [0.2, 0.25) is 0 Å². The summed E-state index contributed by atoms with van der Waals surface area (Å²) in [6.07, 6.45) is 11.6. The number of esters is 1. The van der Waals surface area contributed by atoms with Crippen molar-refractivity contribution in [2.45, 2.75) is 56.8 Å². The van der Waals surface area contributed by atoms with Gasteiger partial charge < -0.3 is 4.74 Å². The lowest BCUT2D eigenvalue weighted by Gasteiger charge is -2.55. The number of nitro groups is 1. The number of hydrogen-bond acceptors (Lipinski definition) is 5. The first-order chi connectivity index (χ1) is 14.1. The Balaban J connectivity index is 1.43. The van der Waals surface area contributed by atoms with E-state index in [0.29, 0.717) is 11.3 Å². The zero-order chi connectivity index (χ0) is 20.0. The molecule has 3 aliphatic carbocycles. The van der Waals surface area contributed by atoms with Gasteiger partial charge in [-0.2, -0.15) is 0 Å². The average Bonchev–Trinajstić information content (AvgIpc) is 2.74. The number of benzene rings is 1. The van der Waals surface area contributed by atoms with Crippen LogP contribution in [0.1, 0.15) is 66.6 Å². The molecule has 0 radical (unpaired) electrons. The maximum Gasteiger partial charge on any atom is 0.343 e. The molecule has 2 fully saturated rings. The average molecular weight is 392 g/mol. The van der Waals surface area contributed by atoms with Crippen LogP contribution in [-0.2, 0) is 11.8 Å². The van der Waals surface area contributed by atoms with Gasteiger partial charge in [0.05, 0.1) is 16.7 Å². The van der Waals surface area contributed by atoms with Gasteiger partial charge in [0.1, 0.15) is 5.75 Å². The molecule has 150 valence electrons. The van der Waals surface area contributed by atoms with Crippen molar-refractivity contribution in [1.82, 2.24) is 4.98 Å². The first-order valence-corrected chi connectivity index (χ1v) is 10.5. The topological polar surface area (TPSA) is 82.3 Å². The fourth-order valence-corrected chi connectivity index (χ4v) is 6.11. The van der Waals surface area contributed by atoms with E-state index in [4.69, 9.17) is 9.72 Å². The van der Waals surface area contributed by atoms with E-state index in [1.54, 1.807) is 6.20 Å². The van der Waals surface area contributed by atoms with Gasteiger partial charge in [-0.15, -0.1) is 0 Å². The standard InChI is InChI=1S/C23H24N2O4/c26-22(15-6-8-17(9-7-15)25(27)28)29-18-13-20-21(24-14-18)12-16-4-3-11-23(20)10-2-1-5-19(16)23/h6-9,13-14,16,19H,1-5,10-12H2/t16-,19+,23-/m0/s1. The molecule has 3 atom stereocenters. The van der Waals surface area contributed by atoms with Gasteiger partial charge in [-0.3, -0.25) is 15.1 Å². The molecule has 3 aliphatic rings. The molecule has 0 aliphatic heterocycles. The highest BCUT2D eigenvalue weighted by molar-refractivity contribution is 5.91. The maximum absolute atomic E-state index is 12.5. The number of ether oxygens (including phenoxy) is 1. The molecular weight excluding hydrogens is 368 g/mol. The first-order valence-electron chi connectivity index (χ1n) is 10.5. The van der Waals surface area contributed by atoms with Gasteiger partial charge in [0.15, 0.2) is 0 Å². The van der Waals surface area contributed by atoms with E-state index in [2.05, 4.69) is 0 Å². The number of nitrogens with zero attached hydrogens (tertiary/aromatic N) is 2. The van der Waals surface area contributed by atoms with E-state index < -0.39 is 10.9 Å². The minimum atomic E-state index is -0.517.